The van der Waals surface area contributed by atoms with Gasteiger partial charge in [0.1, 0.15) is 18.1 Å². The first-order chi connectivity index (χ1) is 13.9. The third-order valence-electron chi connectivity index (χ3n) is 4.44. The average molecular weight is 412 g/mol. The number of rotatable bonds is 6. The fourth-order valence-electron chi connectivity index (χ4n) is 2.99. The first kappa shape index (κ1) is 20.6. The van der Waals surface area contributed by atoms with Crippen molar-refractivity contribution >= 4 is 23.2 Å². The third-order valence-corrected chi connectivity index (χ3v) is 4.67. The van der Waals surface area contributed by atoms with Gasteiger partial charge in [-0.15, -0.1) is 0 Å². The maximum atomic E-state index is 12.7. The van der Waals surface area contributed by atoms with E-state index in [0.29, 0.717) is 40.0 Å². The molecule has 29 heavy (non-hydrogen) atoms. The number of aromatic nitrogens is 2. The Kier molecular flexibility index (Phi) is 6.34. The number of carbonyl (C=O) groups excluding carboxylic acids is 1. The van der Waals surface area contributed by atoms with Gasteiger partial charge in [0.2, 0.25) is 5.91 Å². The summed E-state index contributed by atoms with van der Waals surface area (Å²) >= 11 is 6.11. The van der Waals surface area contributed by atoms with Crippen molar-refractivity contribution in [2.45, 2.75) is 26.8 Å². The predicted octanol–water partition coefficient (Wildman–Crippen LogP) is 4.08. The molecule has 0 unspecified atom stereocenters. The van der Waals surface area contributed by atoms with Gasteiger partial charge >= 0.3 is 0 Å². The van der Waals surface area contributed by atoms with Crippen molar-refractivity contribution < 1.29 is 9.53 Å². The van der Waals surface area contributed by atoms with E-state index in [1.54, 1.807) is 24.3 Å². The van der Waals surface area contributed by atoms with Crippen molar-refractivity contribution in [3.05, 3.63) is 75.2 Å². The first-order valence-electron chi connectivity index (χ1n) is 9.22. The minimum Gasteiger partial charge on any atom is -0.495 e. The summed E-state index contributed by atoms with van der Waals surface area (Å²) in [6.07, 6.45) is 0.607. The smallest absolute Gasteiger partial charge is 0.254 e. The van der Waals surface area contributed by atoms with Crippen LogP contribution in [0.2, 0.25) is 5.02 Å². The van der Waals surface area contributed by atoms with Gasteiger partial charge in [0, 0.05) is 22.3 Å². The number of nitrogens with one attached hydrogen (secondary N) is 1. The molecule has 0 aliphatic carbocycles. The Hall–Kier alpha value is -3.12. The largest absolute Gasteiger partial charge is 0.495 e. The van der Waals surface area contributed by atoms with Crippen LogP contribution in [0, 0.1) is 6.92 Å². The highest BCUT2D eigenvalue weighted by molar-refractivity contribution is 6.30. The molecular weight excluding hydrogens is 390 g/mol. The number of methoxy groups -OCH3 is 1. The van der Waals surface area contributed by atoms with Gasteiger partial charge in [-0.25, -0.2) is 4.98 Å². The molecule has 150 valence electrons. The highest BCUT2D eigenvalue weighted by Gasteiger charge is 2.15. The summed E-state index contributed by atoms with van der Waals surface area (Å²) in [6, 6.07) is 14.0. The van der Waals surface area contributed by atoms with Crippen LogP contribution in [-0.2, 0) is 17.8 Å². The van der Waals surface area contributed by atoms with Crippen LogP contribution in [0.1, 0.15) is 18.2 Å². The monoisotopic (exact) mass is 411 g/mol. The third kappa shape index (κ3) is 4.84. The molecule has 1 amide bonds. The number of halogens is 1. The lowest BCUT2D eigenvalue weighted by molar-refractivity contribution is -0.116. The van der Waals surface area contributed by atoms with Gasteiger partial charge in [0.15, 0.2) is 0 Å². The van der Waals surface area contributed by atoms with Crippen molar-refractivity contribution in [2.24, 2.45) is 0 Å². The zero-order valence-electron chi connectivity index (χ0n) is 16.5. The molecule has 0 saturated carbocycles. The number of anilines is 1. The van der Waals surface area contributed by atoms with Gasteiger partial charge in [-0.05, 0) is 43.2 Å². The second-order valence-corrected chi connectivity index (χ2v) is 7.05. The van der Waals surface area contributed by atoms with Gasteiger partial charge in [-0.2, -0.15) is 0 Å². The molecule has 2 aromatic carbocycles. The van der Waals surface area contributed by atoms with Crippen LogP contribution in [0.5, 0.6) is 5.75 Å². The molecule has 6 nitrogen and oxygen atoms in total. The van der Waals surface area contributed by atoms with Crippen LogP contribution in [0.3, 0.4) is 0 Å². The van der Waals surface area contributed by atoms with E-state index in [1.807, 2.05) is 32.0 Å². The fraction of sp³-hybridized carbons (Fsp3) is 0.227. The summed E-state index contributed by atoms with van der Waals surface area (Å²) < 4.78 is 6.65. The van der Waals surface area contributed by atoms with Crippen molar-refractivity contribution in [1.29, 1.82) is 0 Å². The van der Waals surface area contributed by atoms with E-state index < -0.39 is 0 Å². The Bertz CT molecular complexity index is 1110. The van der Waals surface area contributed by atoms with Gasteiger partial charge in [-0.1, -0.05) is 36.7 Å². The van der Waals surface area contributed by atoms with E-state index in [0.717, 1.165) is 5.56 Å². The van der Waals surface area contributed by atoms with E-state index in [9.17, 15) is 9.59 Å². The Morgan fingerprint density at radius 1 is 1.21 bits per heavy atom. The van der Waals surface area contributed by atoms with Crippen LogP contribution in [-0.4, -0.2) is 22.6 Å². The molecule has 0 aliphatic heterocycles. The molecule has 1 aromatic heterocycles. The minimum atomic E-state index is -0.356. The van der Waals surface area contributed by atoms with Crippen molar-refractivity contribution in [3.8, 4) is 17.1 Å². The van der Waals surface area contributed by atoms with Crippen LogP contribution >= 0.6 is 11.6 Å². The number of hydrogen-bond donors (Lipinski definition) is 1. The molecule has 1 heterocycles. The molecule has 3 aromatic rings. The lowest BCUT2D eigenvalue weighted by Crippen LogP contribution is -2.30. The predicted molar refractivity (Wildman–Crippen MR) is 115 cm³/mol. The number of hydrogen-bond acceptors (Lipinski definition) is 4. The fourth-order valence-corrected chi connectivity index (χ4v) is 3.18. The highest BCUT2D eigenvalue weighted by Crippen LogP contribution is 2.25. The second-order valence-electron chi connectivity index (χ2n) is 6.61. The number of benzene rings is 2. The van der Waals surface area contributed by atoms with E-state index in [-0.39, 0.29) is 18.0 Å². The number of amides is 1. The summed E-state index contributed by atoms with van der Waals surface area (Å²) in [4.78, 5) is 30.0. The van der Waals surface area contributed by atoms with Gasteiger partial charge in [0.25, 0.3) is 5.56 Å². The summed E-state index contributed by atoms with van der Waals surface area (Å²) in [7, 11) is 1.54. The SMILES string of the molecule is CCc1cc(=O)n(CC(=O)Nc2cc(C)ccc2OC)c(-c2cccc(Cl)c2)n1. The van der Waals surface area contributed by atoms with Crippen LogP contribution in [0.4, 0.5) is 5.69 Å². The average Bonchev–Trinajstić information content (AvgIpc) is 2.69. The zero-order valence-corrected chi connectivity index (χ0v) is 17.3. The molecule has 3 rings (SSSR count). The van der Waals surface area contributed by atoms with Gasteiger partial charge in [-0.3, -0.25) is 14.2 Å². The number of carbonyl (C=O) groups is 1. The molecule has 0 saturated heterocycles. The molecule has 0 fully saturated rings. The van der Waals surface area contributed by atoms with Crippen LogP contribution < -0.4 is 15.6 Å². The topological polar surface area (TPSA) is 73.2 Å². The maximum absolute atomic E-state index is 12.7. The Balaban J connectivity index is 1.97. The van der Waals surface area contributed by atoms with Gasteiger partial charge in [0.05, 0.1) is 12.8 Å². The number of aryl methyl sites for hydroxylation is 2. The van der Waals surface area contributed by atoms with Crippen LogP contribution in [0.25, 0.3) is 11.4 Å². The quantitative estimate of drug-likeness (QED) is 0.663. The van der Waals surface area contributed by atoms with E-state index >= 15 is 0 Å². The van der Waals surface area contributed by atoms with E-state index in [4.69, 9.17) is 16.3 Å². The first-order valence-corrected chi connectivity index (χ1v) is 9.60. The zero-order chi connectivity index (χ0) is 21.0. The van der Waals surface area contributed by atoms with Crippen LogP contribution in [0.15, 0.2) is 53.3 Å². The van der Waals surface area contributed by atoms with Crippen molar-refractivity contribution in [2.75, 3.05) is 12.4 Å². The summed E-state index contributed by atoms with van der Waals surface area (Å²) in [5.74, 6) is 0.597. The molecule has 0 atom stereocenters. The van der Waals surface area contributed by atoms with E-state index in [2.05, 4.69) is 10.3 Å². The normalized spacial score (nSPS) is 10.6. The van der Waals surface area contributed by atoms with Crippen molar-refractivity contribution in [1.82, 2.24) is 9.55 Å². The Labute approximate surface area is 174 Å². The lowest BCUT2D eigenvalue weighted by atomic mass is 10.2. The molecule has 1 N–H and O–H groups in total. The molecule has 0 bridgehead atoms. The standard InChI is InChI=1S/C22H22ClN3O3/c1-4-17-12-21(28)26(22(24-17)15-6-5-7-16(23)11-15)13-20(27)25-18-10-14(2)8-9-19(18)29-3/h5-12H,4,13H2,1-3H3,(H,25,27). The minimum absolute atomic E-state index is 0.186. The van der Waals surface area contributed by atoms with E-state index in [1.165, 1.54) is 17.7 Å². The number of nitrogens with zero attached hydrogens (tertiary/aromatic N) is 2. The highest BCUT2D eigenvalue weighted by atomic mass is 35.5. The molecule has 0 radical (unpaired) electrons. The number of ether oxygens (including phenoxy) is 1. The maximum Gasteiger partial charge on any atom is 0.254 e. The molecular formula is C22H22ClN3O3. The summed E-state index contributed by atoms with van der Waals surface area (Å²) in [5.41, 5.74) is 2.56. The second kappa shape index (κ2) is 8.92. The lowest BCUT2D eigenvalue weighted by Gasteiger charge is -2.15. The molecule has 0 spiro atoms. The summed E-state index contributed by atoms with van der Waals surface area (Å²) in [6.45, 7) is 3.66. The van der Waals surface area contributed by atoms with Gasteiger partial charge < -0.3 is 10.1 Å². The summed E-state index contributed by atoms with van der Waals surface area (Å²) in [5, 5.41) is 3.35. The Morgan fingerprint density at radius 2 is 2.00 bits per heavy atom. The Morgan fingerprint density at radius 3 is 2.69 bits per heavy atom. The molecule has 7 heteroatoms. The van der Waals surface area contributed by atoms with Crippen molar-refractivity contribution in [3.63, 3.8) is 0 Å². The molecule has 0 aliphatic rings.